The van der Waals surface area contributed by atoms with Crippen molar-refractivity contribution in [2.45, 2.75) is 64.7 Å². The summed E-state index contributed by atoms with van der Waals surface area (Å²) in [5.74, 6) is 0. The third-order valence-corrected chi connectivity index (χ3v) is 8.17. The number of rotatable bonds is 5. The van der Waals surface area contributed by atoms with Crippen LogP contribution in [0.5, 0.6) is 0 Å². The van der Waals surface area contributed by atoms with Gasteiger partial charge >= 0.3 is 0 Å². The lowest BCUT2D eigenvalue weighted by Gasteiger charge is -2.43. The molecule has 0 fully saturated rings. The summed E-state index contributed by atoms with van der Waals surface area (Å²) in [7, 11) is 3.06. The molecule has 0 nitrogen and oxygen atoms in total. The summed E-state index contributed by atoms with van der Waals surface area (Å²) in [6.07, 6.45) is 5.41. The maximum absolute atomic E-state index is 2.93. The van der Waals surface area contributed by atoms with Crippen LogP contribution in [0.2, 0.25) is 0 Å². The summed E-state index contributed by atoms with van der Waals surface area (Å²) in [4.78, 5) is 0. The second kappa shape index (κ2) is 5.81. The van der Waals surface area contributed by atoms with E-state index in [1.165, 1.54) is 25.2 Å². The predicted molar refractivity (Wildman–Crippen MR) is 75.1 cm³/mol. The molecule has 0 aliphatic rings. The third-order valence-electron chi connectivity index (χ3n) is 2.78. The summed E-state index contributed by atoms with van der Waals surface area (Å²) in [6.45, 7) is 14.4. The van der Waals surface area contributed by atoms with Crippen molar-refractivity contribution >= 4 is 17.2 Å². The van der Waals surface area contributed by atoms with Gasteiger partial charge in [-0.05, 0) is 29.1 Å². The molecule has 0 aromatic heterocycles. The van der Waals surface area contributed by atoms with Gasteiger partial charge in [-0.15, -0.1) is 9.24 Å². The van der Waals surface area contributed by atoms with E-state index in [0.717, 1.165) is 0 Å². The fourth-order valence-electron chi connectivity index (χ4n) is 1.97. The first-order chi connectivity index (χ1) is 6.25. The molecule has 0 N–H and O–H groups in total. The molecule has 2 atom stereocenters. The van der Waals surface area contributed by atoms with Crippen LogP contribution in [0.15, 0.2) is 0 Å². The van der Waals surface area contributed by atoms with Crippen molar-refractivity contribution in [1.29, 1.82) is 0 Å². The highest BCUT2D eigenvalue weighted by atomic mass is 31.1. The van der Waals surface area contributed by atoms with Crippen molar-refractivity contribution in [3.63, 3.8) is 0 Å². The predicted octanol–water partition coefficient (Wildman–Crippen LogP) is 4.72. The molecule has 14 heavy (non-hydrogen) atoms. The molecule has 0 aromatic rings. The Morgan fingerprint density at radius 3 is 1.86 bits per heavy atom. The zero-order chi connectivity index (χ0) is 11.4. The normalized spacial score (nSPS) is 15.6. The van der Waals surface area contributed by atoms with Gasteiger partial charge in [-0.2, -0.15) is 0 Å². The molecular weight excluding hydrogens is 206 g/mol. The molecule has 0 amide bonds. The smallest absolute Gasteiger partial charge is 0.0112 e. The summed E-state index contributed by atoms with van der Waals surface area (Å²) >= 11 is 0. The van der Waals surface area contributed by atoms with Crippen LogP contribution in [0.3, 0.4) is 0 Å². The highest BCUT2D eigenvalue weighted by Crippen LogP contribution is 2.60. The van der Waals surface area contributed by atoms with Gasteiger partial charge in [0.05, 0.1) is 0 Å². The molecule has 0 rings (SSSR count). The Morgan fingerprint density at radius 1 is 1.07 bits per heavy atom. The van der Waals surface area contributed by atoms with Gasteiger partial charge in [0, 0.05) is 0 Å². The third kappa shape index (κ3) is 4.59. The molecule has 2 unspecified atom stereocenters. The van der Waals surface area contributed by atoms with Crippen molar-refractivity contribution in [2.24, 2.45) is 0 Å². The maximum Gasteiger partial charge on any atom is -0.0112 e. The van der Waals surface area contributed by atoms with Crippen LogP contribution in [-0.4, -0.2) is 22.6 Å². The number of unbranched alkanes of at least 4 members (excludes halogenated alkanes) is 1. The van der Waals surface area contributed by atoms with Crippen molar-refractivity contribution in [2.75, 3.05) is 12.3 Å². The largest absolute Gasteiger partial charge is 0.137 e. The topological polar surface area (TPSA) is 0 Å². The Balaban J connectivity index is 4.56. The molecule has 0 aliphatic heterocycles. The lowest BCUT2D eigenvalue weighted by atomic mass is 10.2. The molecule has 0 aliphatic carbocycles. The molecular formula is C12H28P2. The minimum atomic E-state index is 0.128. The molecule has 0 spiro atoms. The quantitative estimate of drug-likeness (QED) is 0.604. The number of hydrogen-bond donors (Lipinski definition) is 0. The maximum atomic E-state index is 2.93. The molecule has 0 heterocycles. The Bertz CT molecular complexity index is 156. The average Bonchev–Trinajstić information content (AvgIpc) is 2.02. The van der Waals surface area contributed by atoms with Gasteiger partial charge in [0.2, 0.25) is 0 Å². The van der Waals surface area contributed by atoms with E-state index in [9.17, 15) is 0 Å². The van der Waals surface area contributed by atoms with Crippen LogP contribution in [0, 0.1) is 0 Å². The van der Waals surface area contributed by atoms with Gasteiger partial charge < -0.3 is 0 Å². The second-order valence-corrected chi connectivity index (χ2v) is 9.96. The van der Waals surface area contributed by atoms with Gasteiger partial charge in [-0.3, -0.25) is 0 Å². The Hall–Kier alpha value is 0.860. The molecule has 2 heteroatoms. The zero-order valence-corrected chi connectivity index (χ0v) is 12.9. The van der Waals surface area contributed by atoms with Gasteiger partial charge in [0.15, 0.2) is 0 Å². The van der Waals surface area contributed by atoms with Gasteiger partial charge in [0.1, 0.15) is 0 Å². The van der Waals surface area contributed by atoms with Crippen molar-refractivity contribution in [3.8, 4) is 0 Å². The molecule has 0 bridgehead atoms. The molecule has 0 saturated heterocycles. The first-order valence-corrected chi connectivity index (χ1v) is 8.08. The Morgan fingerprint density at radius 2 is 1.57 bits per heavy atom. The minimum Gasteiger partial charge on any atom is -0.137 e. The van der Waals surface area contributed by atoms with Crippen LogP contribution >= 0.6 is 17.2 Å². The Labute approximate surface area is 94.6 Å². The number of hydrogen-bond acceptors (Lipinski definition) is 0. The van der Waals surface area contributed by atoms with E-state index in [1.807, 2.05) is 0 Å². The van der Waals surface area contributed by atoms with E-state index >= 15 is 0 Å². The first kappa shape index (κ1) is 14.9. The lowest BCUT2D eigenvalue weighted by Crippen LogP contribution is -2.30. The highest BCUT2D eigenvalue weighted by molar-refractivity contribution is 7.61. The van der Waals surface area contributed by atoms with E-state index in [-0.39, 0.29) is 7.92 Å². The fraction of sp³-hybridized carbons (Fsp3) is 1.00. The van der Waals surface area contributed by atoms with Crippen LogP contribution in [0.4, 0.5) is 0 Å². The van der Waals surface area contributed by atoms with Gasteiger partial charge in [-0.1, -0.05) is 55.9 Å². The molecule has 0 aromatic carbocycles. The molecule has 0 radical (unpaired) electrons. The van der Waals surface area contributed by atoms with Crippen molar-refractivity contribution in [1.82, 2.24) is 0 Å². The summed E-state index contributed by atoms with van der Waals surface area (Å²) in [5, 5.41) is 1.03. The monoisotopic (exact) mass is 234 g/mol. The van der Waals surface area contributed by atoms with Crippen molar-refractivity contribution in [3.05, 3.63) is 0 Å². The van der Waals surface area contributed by atoms with Crippen LogP contribution in [-0.2, 0) is 0 Å². The summed E-state index contributed by atoms with van der Waals surface area (Å²) in [6, 6.07) is 0. The standard InChI is InChI=1S/C12H28P2/c1-7-8-9-14(11(2,3)4)12(5,6)10-13/h7-10,13H2,1-6H3. The van der Waals surface area contributed by atoms with Crippen LogP contribution < -0.4 is 0 Å². The zero-order valence-electron chi connectivity index (χ0n) is 10.9. The van der Waals surface area contributed by atoms with E-state index in [4.69, 9.17) is 0 Å². The van der Waals surface area contributed by atoms with Gasteiger partial charge in [-0.25, -0.2) is 0 Å². The first-order valence-electron chi connectivity index (χ1n) is 5.73. The van der Waals surface area contributed by atoms with Crippen molar-refractivity contribution < 1.29 is 0 Å². The molecule has 0 saturated carbocycles. The van der Waals surface area contributed by atoms with E-state index < -0.39 is 0 Å². The summed E-state index contributed by atoms with van der Waals surface area (Å²) in [5.41, 5.74) is 0. The van der Waals surface area contributed by atoms with E-state index in [2.05, 4.69) is 50.8 Å². The van der Waals surface area contributed by atoms with Crippen LogP contribution in [0.1, 0.15) is 54.4 Å². The fourth-order valence-corrected chi connectivity index (χ4v) is 6.58. The van der Waals surface area contributed by atoms with E-state index in [1.54, 1.807) is 0 Å². The Kier molecular flexibility index (Phi) is 6.17. The van der Waals surface area contributed by atoms with Crippen LogP contribution in [0.25, 0.3) is 0 Å². The minimum absolute atomic E-state index is 0.128. The lowest BCUT2D eigenvalue weighted by molar-refractivity contribution is 0.702. The molecule has 86 valence electrons. The SMILES string of the molecule is CCCCP(C(C)(C)C)C(C)(C)CP. The second-order valence-electron chi connectivity index (χ2n) is 5.69. The highest BCUT2D eigenvalue weighted by Gasteiger charge is 2.35. The van der Waals surface area contributed by atoms with E-state index in [0.29, 0.717) is 10.3 Å². The average molecular weight is 234 g/mol. The summed E-state index contributed by atoms with van der Waals surface area (Å²) < 4.78 is 0. The van der Waals surface area contributed by atoms with Gasteiger partial charge in [0.25, 0.3) is 0 Å².